The molecule has 0 spiro atoms. The Morgan fingerprint density at radius 2 is 1.69 bits per heavy atom. The molecular weight excluding hydrogens is 342 g/mol. The number of anilines is 2. The Labute approximate surface area is 158 Å². The lowest BCUT2D eigenvalue weighted by molar-refractivity contribution is 0.637. The van der Waals surface area contributed by atoms with E-state index in [9.17, 15) is 0 Å². The number of fused-ring (bicyclic) bond motifs is 1. The first-order chi connectivity index (χ1) is 12.8. The molecule has 2 N–H and O–H groups in total. The highest BCUT2D eigenvalue weighted by atomic mass is 32.1. The zero-order valence-electron chi connectivity index (χ0n) is 14.5. The van der Waals surface area contributed by atoms with Gasteiger partial charge in [0.15, 0.2) is 10.9 Å². The van der Waals surface area contributed by atoms with E-state index in [4.69, 9.17) is 12.2 Å². The number of thiocarbonyl (C=S) groups is 1. The van der Waals surface area contributed by atoms with Gasteiger partial charge in [-0.05, 0) is 49.3 Å². The third-order valence-electron chi connectivity index (χ3n) is 4.56. The van der Waals surface area contributed by atoms with Crippen molar-refractivity contribution in [3.63, 3.8) is 0 Å². The number of aromatic nitrogens is 3. The van der Waals surface area contributed by atoms with Crippen LogP contribution in [0.25, 0.3) is 11.4 Å². The zero-order valence-corrected chi connectivity index (χ0v) is 15.3. The highest BCUT2D eigenvalue weighted by Crippen LogP contribution is 2.29. The van der Waals surface area contributed by atoms with Gasteiger partial charge in [-0.15, -0.1) is 10.2 Å². The highest BCUT2D eigenvalue weighted by Gasteiger charge is 2.18. The summed E-state index contributed by atoms with van der Waals surface area (Å²) in [6.45, 7) is 0.971. The van der Waals surface area contributed by atoms with Crippen molar-refractivity contribution >= 4 is 28.7 Å². The van der Waals surface area contributed by atoms with E-state index in [1.54, 1.807) is 0 Å². The van der Waals surface area contributed by atoms with E-state index in [0.717, 1.165) is 41.6 Å². The standard InChI is InChI=1S/C20H21N5S/c26-20(21-15-9-3-1-4-10-15)22-17-12-7-6-11-16(17)19-24-23-18-13-5-2-8-14-25(18)19/h1,3-4,6-7,9-12H,2,5,8,13-14H2,(H2,21,22,26). The molecule has 132 valence electrons. The van der Waals surface area contributed by atoms with Gasteiger partial charge >= 0.3 is 0 Å². The summed E-state index contributed by atoms with van der Waals surface area (Å²) in [4.78, 5) is 0. The molecule has 0 bridgehead atoms. The van der Waals surface area contributed by atoms with Crippen molar-refractivity contribution in [3.8, 4) is 11.4 Å². The Balaban J connectivity index is 1.60. The summed E-state index contributed by atoms with van der Waals surface area (Å²) in [5.74, 6) is 1.99. The Bertz CT molecular complexity index is 904. The van der Waals surface area contributed by atoms with Crippen LogP contribution < -0.4 is 10.6 Å². The fourth-order valence-corrected chi connectivity index (χ4v) is 3.51. The van der Waals surface area contributed by atoms with Crippen LogP contribution in [0.15, 0.2) is 54.6 Å². The summed E-state index contributed by atoms with van der Waals surface area (Å²) in [5.41, 5.74) is 2.91. The quantitative estimate of drug-likeness (QED) is 0.672. The van der Waals surface area contributed by atoms with Crippen LogP contribution in [-0.2, 0) is 13.0 Å². The van der Waals surface area contributed by atoms with E-state index in [1.165, 1.54) is 19.3 Å². The van der Waals surface area contributed by atoms with Crippen LogP contribution in [0.2, 0.25) is 0 Å². The van der Waals surface area contributed by atoms with E-state index in [2.05, 4.69) is 31.5 Å². The van der Waals surface area contributed by atoms with Crippen molar-refractivity contribution in [1.29, 1.82) is 0 Å². The summed E-state index contributed by atoms with van der Waals surface area (Å²) in [6.07, 6.45) is 4.59. The summed E-state index contributed by atoms with van der Waals surface area (Å²) in [6, 6.07) is 18.0. The lowest BCUT2D eigenvalue weighted by Gasteiger charge is -2.14. The van der Waals surface area contributed by atoms with E-state index >= 15 is 0 Å². The molecule has 0 unspecified atom stereocenters. The van der Waals surface area contributed by atoms with Crippen molar-refractivity contribution in [3.05, 3.63) is 60.4 Å². The van der Waals surface area contributed by atoms with Gasteiger partial charge in [0.25, 0.3) is 0 Å². The Kier molecular flexibility index (Phi) is 4.93. The van der Waals surface area contributed by atoms with Gasteiger partial charge in [-0.2, -0.15) is 0 Å². The first-order valence-electron chi connectivity index (χ1n) is 8.96. The molecule has 26 heavy (non-hydrogen) atoms. The third kappa shape index (κ3) is 3.60. The van der Waals surface area contributed by atoms with Crippen LogP contribution >= 0.6 is 12.2 Å². The van der Waals surface area contributed by atoms with Gasteiger partial charge in [0, 0.05) is 24.2 Å². The topological polar surface area (TPSA) is 54.8 Å². The lowest BCUT2D eigenvalue weighted by Crippen LogP contribution is -2.19. The van der Waals surface area contributed by atoms with Gasteiger partial charge in [0.2, 0.25) is 0 Å². The third-order valence-corrected chi connectivity index (χ3v) is 4.76. The molecule has 1 aliphatic heterocycles. The Hall–Kier alpha value is -2.73. The molecule has 0 radical (unpaired) electrons. The number of rotatable bonds is 3. The summed E-state index contributed by atoms with van der Waals surface area (Å²) < 4.78 is 2.25. The van der Waals surface area contributed by atoms with Gasteiger partial charge in [0.1, 0.15) is 5.82 Å². The molecule has 0 amide bonds. The minimum absolute atomic E-state index is 0.555. The first kappa shape index (κ1) is 16.7. The fraction of sp³-hybridized carbons (Fsp3) is 0.250. The minimum Gasteiger partial charge on any atom is -0.332 e. The number of nitrogens with zero attached hydrogens (tertiary/aromatic N) is 3. The van der Waals surface area contributed by atoms with E-state index < -0.39 is 0 Å². The van der Waals surface area contributed by atoms with Crippen LogP contribution in [0.1, 0.15) is 25.1 Å². The first-order valence-corrected chi connectivity index (χ1v) is 9.36. The molecule has 2 aromatic carbocycles. The molecule has 1 aliphatic rings. The van der Waals surface area contributed by atoms with Gasteiger partial charge in [-0.25, -0.2) is 0 Å². The average Bonchev–Trinajstić information content (AvgIpc) is 2.91. The number of benzene rings is 2. The predicted molar refractivity (Wildman–Crippen MR) is 109 cm³/mol. The molecule has 4 rings (SSSR count). The molecular formula is C20H21N5S. The van der Waals surface area contributed by atoms with E-state index in [0.29, 0.717) is 5.11 Å². The molecule has 0 aliphatic carbocycles. The SMILES string of the molecule is S=C(Nc1ccccc1)Nc1ccccc1-c1nnc2n1CCCCC2. The number of nitrogens with one attached hydrogen (secondary N) is 2. The van der Waals surface area contributed by atoms with Crippen LogP contribution in [0.5, 0.6) is 0 Å². The van der Waals surface area contributed by atoms with Crippen LogP contribution in [0.4, 0.5) is 11.4 Å². The minimum atomic E-state index is 0.555. The molecule has 3 aromatic rings. The second kappa shape index (κ2) is 7.66. The van der Waals surface area contributed by atoms with Gasteiger partial charge in [0.05, 0.1) is 5.69 Å². The molecule has 0 saturated carbocycles. The predicted octanol–water partition coefficient (Wildman–Crippen LogP) is 4.48. The molecule has 5 nitrogen and oxygen atoms in total. The summed E-state index contributed by atoms with van der Waals surface area (Å²) in [7, 11) is 0. The van der Waals surface area contributed by atoms with Crippen molar-refractivity contribution in [2.24, 2.45) is 0 Å². The summed E-state index contributed by atoms with van der Waals surface area (Å²) >= 11 is 5.48. The molecule has 0 fully saturated rings. The number of aryl methyl sites for hydroxylation is 1. The van der Waals surface area contributed by atoms with Crippen LogP contribution in [0, 0.1) is 0 Å². The fourth-order valence-electron chi connectivity index (χ4n) is 3.28. The van der Waals surface area contributed by atoms with Crippen molar-refractivity contribution in [2.45, 2.75) is 32.2 Å². The maximum atomic E-state index is 5.48. The monoisotopic (exact) mass is 363 g/mol. The second-order valence-electron chi connectivity index (χ2n) is 6.39. The van der Waals surface area contributed by atoms with Gasteiger partial charge in [-0.1, -0.05) is 36.8 Å². The van der Waals surface area contributed by atoms with Crippen molar-refractivity contribution in [1.82, 2.24) is 14.8 Å². The zero-order chi connectivity index (χ0) is 17.8. The Morgan fingerprint density at radius 3 is 2.58 bits per heavy atom. The van der Waals surface area contributed by atoms with Crippen LogP contribution in [0.3, 0.4) is 0 Å². The molecule has 6 heteroatoms. The molecule has 0 saturated heterocycles. The van der Waals surface area contributed by atoms with Crippen molar-refractivity contribution in [2.75, 3.05) is 10.6 Å². The summed E-state index contributed by atoms with van der Waals surface area (Å²) in [5, 5.41) is 16.0. The smallest absolute Gasteiger partial charge is 0.175 e. The number of hydrogen-bond acceptors (Lipinski definition) is 3. The van der Waals surface area contributed by atoms with Gasteiger partial charge < -0.3 is 15.2 Å². The van der Waals surface area contributed by atoms with Crippen LogP contribution in [-0.4, -0.2) is 19.9 Å². The Morgan fingerprint density at radius 1 is 0.885 bits per heavy atom. The number of hydrogen-bond donors (Lipinski definition) is 2. The molecule has 1 aromatic heterocycles. The normalized spacial score (nSPS) is 13.5. The van der Waals surface area contributed by atoms with Crippen molar-refractivity contribution < 1.29 is 0 Å². The second-order valence-corrected chi connectivity index (χ2v) is 6.80. The highest BCUT2D eigenvalue weighted by molar-refractivity contribution is 7.80. The lowest BCUT2D eigenvalue weighted by atomic mass is 10.1. The van der Waals surface area contributed by atoms with Gasteiger partial charge in [-0.3, -0.25) is 0 Å². The van der Waals surface area contributed by atoms with E-state index in [1.807, 2.05) is 48.5 Å². The maximum absolute atomic E-state index is 5.48. The maximum Gasteiger partial charge on any atom is 0.175 e. The van der Waals surface area contributed by atoms with E-state index in [-0.39, 0.29) is 0 Å². The average molecular weight is 363 g/mol. The molecule has 2 heterocycles. The largest absolute Gasteiger partial charge is 0.332 e. The number of para-hydroxylation sites is 2. The molecule has 0 atom stereocenters.